The molecule has 4 atom stereocenters. The SMILES string of the molecule is Cc1cccc(C(C(=O)Nc2c(C)cccc2Cl)N(C(=O)C(Cc2ccc(O)cc2)NC(=O)OC(C)(C)C)C2CC2C)c1C. The molecule has 0 bridgehead atoms. The maximum atomic E-state index is 14.7. The number of nitrogens with zero attached hydrogens (tertiary/aromatic N) is 1. The van der Waals surface area contributed by atoms with Crippen molar-refractivity contribution in [3.63, 3.8) is 0 Å². The van der Waals surface area contributed by atoms with E-state index >= 15 is 0 Å². The Bertz CT molecular complexity index is 1510. The number of para-hydroxylation sites is 1. The van der Waals surface area contributed by atoms with Crippen LogP contribution in [0.3, 0.4) is 0 Å². The molecule has 4 unspecified atom stereocenters. The maximum absolute atomic E-state index is 14.7. The van der Waals surface area contributed by atoms with E-state index in [4.69, 9.17) is 16.3 Å². The number of phenols is 1. The van der Waals surface area contributed by atoms with E-state index in [2.05, 4.69) is 10.6 Å². The quantitative estimate of drug-likeness (QED) is 0.238. The van der Waals surface area contributed by atoms with Gasteiger partial charge in [0, 0.05) is 12.5 Å². The Kier molecular flexibility index (Phi) is 9.94. The van der Waals surface area contributed by atoms with Gasteiger partial charge in [0.25, 0.3) is 5.91 Å². The third-order valence-corrected chi connectivity index (χ3v) is 8.30. The molecule has 1 fully saturated rings. The fourth-order valence-corrected chi connectivity index (χ4v) is 5.61. The molecule has 9 heteroatoms. The lowest BCUT2D eigenvalue weighted by Gasteiger charge is -2.36. The van der Waals surface area contributed by atoms with Crippen LogP contribution in [0.4, 0.5) is 10.5 Å². The molecule has 234 valence electrons. The fraction of sp³-hybridized carbons (Fsp3) is 0.400. The van der Waals surface area contributed by atoms with Crippen molar-refractivity contribution in [1.29, 1.82) is 0 Å². The minimum absolute atomic E-state index is 0.0895. The van der Waals surface area contributed by atoms with Gasteiger partial charge in [-0.1, -0.05) is 61.0 Å². The molecule has 0 spiro atoms. The van der Waals surface area contributed by atoms with E-state index in [9.17, 15) is 19.5 Å². The van der Waals surface area contributed by atoms with Crippen molar-refractivity contribution in [3.8, 4) is 5.75 Å². The molecule has 0 aromatic heterocycles. The smallest absolute Gasteiger partial charge is 0.408 e. The van der Waals surface area contributed by atoms with Crippen LogP contribution >= 0.6 is 11.6 Å². The average molecular weight is 620 g/mol. The van der Waals surface area contributed by atoms with E-state index in [0.717, 1.165) is 22.3 Å². The first-order valence-corrected chi connectivity index (χ1v) is 15.3. The highest BCUT2D eigenvalue weighted by Gasteiger charge is 2.48. The number of carbonyl (C=O) groups excluding carboxylic acids is 3. The van der Waals surface area contributed by atoms with Crippen LogP contribution in [-0.2, 0) is 20.7 Å². The third kappa shape index (κ3) is 7.91. The van der Waals surface area contributed by atoms with Gasteiger partial charge in [0.2, 0.25) is 5.91 Å². The van der Waals surface area contributed by atoms with Gasteiger partial charge in [0.15, 0.2) is 0 Å². The summed E-state index contributed by atoms with van der Waals surface area (Å²) in [4.78, 5) is 43.8. The Morgan fingerprint density at radius 3 is 2.20 bits per heavy atom. The molecular weight excluding hydrogens is 578 g/mol. The summed E-state index contributed by atoms with van der Waals surface area (Å²) in [5, 5.41) is 16.0. The second kappa shape index (κ2) is 13.3. The summed E-state index contributed by atoms with van der Waals surface area (Å²) in [5.41, 5.74) is 3.79. The maximum Gasteiger partial charge on any atom is 0.408 e. The first-order valence-electron chi connectivity index (χ1n) is 14.9. The molecule has 0 aliphatic heterocycles. The van der Waals surface area contributed by atoms with Crippen LogP contribution in [0.1, 0.15) is 68.0 Å². The Hall–Kier alpha value is -4.04. The molecule has 1 saturated carbocycles. The van der Waals surface area contributed by atoms with Gasteiger partial charge in [-0.2, -0.15) is 0 Å². The molecule has 8 nitrogen and oxygen atoms in total. The van der Waals surface area contributed by atoms with Crippen LogP contribution in [0, 0.1) is 26.7 Å². The zero-order valence-electron chi connectivity index (χ0n) is 26.4. The van der Waals surface area contributed by atoms with Crippen molar-refractivity contribution in [1.82, 2.24) is 10.2 Å². The summed E-state index contributed by atoms with van der Waals surface area (Å²) >= 11 is 6.51. The molecule has 44 heavy (non-hydrogen) atoms. The summed E-state index contributed by atoms with van der Waals surface area (Å²) in [6.07, 6.45) is 0.0998. The predicted molar refractivity (Wildman–Crippen MR) is 173 cm³/mol. The van der Waals surface area contributed by atoms with E-state index < -0.39 is 35.6 Å². The van der Waals surface area contributed by atoms with E-state index in [-0.39, 0.29) is 24.1 Å². The highest BCUT2D eigenvalue weighted by atomic mass is 35.5. The molecular formula is C35H42ClN3O5. The predicted octanol–water partition coefficient (Wildman–Crippen LogP) is 7.02. The Balaban J connectivity index is 1.81. The van der Waals surface area contributed by atoms with Crippen molar-refractivity contribution in [2.45, 2.75) is 85.0 Å². The number of hydrogen-bond donors (Lipinski definition) is 3. The first kappa shape index (κ1) is 32.9. The van der Waals surface area contributed by atoms with Crippen molar-refractivity contribution in [3.05, 3.63) is 93.5 Å². The second-order valence-corrected chi connectivity index (χ2v) is 13.1. The average Bonchev–Trinajstić information content (AvgIpc) is 3.66. The topological polar surface area (TPSA) is 108 Å². The number of rotatable bonds is 9. The van der Waals surface area contributed by atoms with Crippen LogP contribution in [0.15, 0.2) is 60.7 Å². The zero-order valence-corrected chi connectivity index (χ0v) is 27.2. The highest BCUT2D eigenvalue weighted by molar-refractivity contribution is 6.34. The number of nitrogens with one attached hydrogen (secondary N) is 2. The number of hydrogen-bond acceptors (Lipinski definition) is 5. The van der Waals surface area contributed by atoms with Crippen LogP contribution in [0.5, 0.6) is 5.75 Å². The number of amides is 3. The summed E-state index contributed by atoms with van der Waals surface area (Å²) in [5.74, 6) is -0.567. The van der Waals surface area contributed by atoms with E-state index in [1.165, 1.54) is 12.1 Å². The van der Waals surface area contributed by atoms with Crippen molar-refractivity contribution in [2.75, 3.05) is 5.32 Å². The number of aryl methyl sites for hydroxylation is 2. The molecule has 1 aliphatic carbocycles. The fourth-order valence-electron chi connectivity index (χ4n) is 5.34. The van der Waals surface area contributed by atoms with Crippen LogP contribution < -0.4 is 10.6 Å². The number of ether oxygens (including phenoxy) is 1. The number of phenolic OH excluding ortho intramolecular Hbond substituents is 1. The molecule has 0 saturated heterocycles. The number of aromatic hydroxyl groups is 1. The van der Waals surface area contributed by atoms with Gasteiger partial charge >= 0.3 is 6.09 Å². The second-order valence-electron chi connectivity index (χ2n) is 12.7. The van der Waals surface area contributed by atoms with Crippen molar-refractivity contribution >= 4 is 35.2 Å². The molecule has 3 amide bonds. The van der Waals surface area contributed by atoms with E-state index in [0.29, 0.717) is 22.7 Å². The van der Waals surface area contributed by atoms with Gasteiger partial charge in [-0.15, -0.1) is 0 Å². The molecule has 4 rings (SSSR count). The molecule has 0 heterocycles. The Morgan fingerprint density at radius 1 is 1.00 bits per heavy atom. The molecule has 3 N–H and O–H groups in total. The van der Waals surface area contributed by atoms with Crippen LogP contribution in [0.25, 0.3) is 0 Å². The lowest BCUT2D eigenvalue weighted by atomic mass is 9.94. The molecule has 0 radical (unpaired) electrons. The Morgan fingerprint density at radius 2 is 1.61 bits per heavy atom. The monoisotopic (exact) mass is 619 g/mol. The lowest BCUT2D eigenvalue weighted by molar-refractivity contribution is -0.141. The first-order chi connectivity index (χ1) is 20.7. The van der Waals surface area contributed by atoms with E-state index in [1.807, 2.05) is 58.0 Å². The summed E-state index contributed by atoms with van der Waals surface area (Å²) < 4.78 is 5.53. The van der Waals surface area contributed by atoms with Gasteiger partial charge in [0.1, 0.15) is 23.4 Å². The number of benzene rings is 3. The number of halogens is 1. The number of anilines is 1. The van der Waals surface area contributed by atoms with E-state index in [1.54, 1.807) is 43.9 Å². The molecule has 1 aliphatic rings. The van der Waals surface area contributed by atoms with Gasteiger partial charge < -0.3 is 25.4 Å². The minimum Gasteiger partial charge on any atom is -0.508 e. The highest BCUT2D eigenvalue weighted by Crippen LogP contribution is 2.42. The van der Waals surface area contributed by atoms with Crippen molar-refractivity contribution in [2.24, 2.45) is 5.92 Å². The van der Waals surface area contributed by atoms with Gasteiger partial charge in [0.05, 0.1) is 10.7 Å². The lowest BCUT2D eigenvalue weighted by Crippen LogP contribution is -2.54. The summed E-state index contributed by atoms with van der Waals surface area (Å²) in [6, 6.07) is 15.3. The summed E-state index contributed by atoms with van der Waals surface area (Å²) in [7, 11) is 0. The molecule has 3 aromatic carbocycles. The largest absolute Gasteiger partial charge is 0.508 e. The number of carbonyl (C=O) groups is 3. The zero-order chi connectivity index (χ0) is 32.3. The summed E-state index contributed by atoms with van der Waals surface area (Å²) in [6.45, 7) is 13.1. The van der Waals surface area contributed by atoms with Crippen molar-refractivity contribution < 1.29 is 24.2 Å². The van der Waals surface area contributed by atoms with Crippen LogP contribution in [-0.4, -0.2) is 45.6 Å². The molecule has 3 aromatic rings. The third-order valence-electron chi connectivity index (χ3n) is 7.98. The van der Waals surface area contributed by atoms with Gasteiger partial charge in [-0.25, -0.2) is 4.79 Å². The van der Waals surface area contributed by atoms with Gasteiger partial charge in [-0.3, -0.25) is 9.59 Å². The Labute approximate surface area is 264 Å². The standard InChI is InChI=1S/C35H42ClN3O5/c1-20-10-8-12-26(23(20)4)31(32(41)38-30-21(2)11-9-13-27(30)36)39(29-18-22(29)3)33(42)28(37-34(43)44-35(5,6)7)19-24-14-16-25(40)17-15-24/h8-17,22,28-29,31,40H,18-19H2,1-7H3,(H,37,43)(H,38,41). The van der Waals surface area contributed by atoms with Crippen LogP contribution in [0.2, 0.25) is 5.02 Å². The normalized spacial score (nSPS) is 17.3. The van der Waals surface area contributed by atoms with Gasteiger partial charge in [-0.05, 0) is 99.9 Å². The number of alkyl carbamates (subject to hydrolysis) is 1. The minimum atomic E-state index is -1.05.